The smallest absolute Gasteiger partial charge is 0.161 e. The quantitative estimate of drug-likeness (QED) is 0.0317. The van der Waals surface area contributed by atoms with Crippen LogP contribution in [-0.4, -0.2) is 67.3 Å². The first-order valence-electron chi connectivity index (χ1n) is 24.7. The lowest BCUT2D eigenvalue weighted by atomic mass is 9.80. The summed E-state index contributed by atoms with van der Waals surface area (Å²) in [5.41, 5.74) is 14.8. The van der Waals surface area contributed by atoms with Gasteiger partial charge < -0.3 is 55.7 Å². The van der Waals surface area contributed by atoms with Gasteiger partial charge in [-0.3, -0.25) is 0 Å². The number of hydrogen-bond donors (Lipinski definition) is 9. The summed E-state index contributed by atoms with van der Waals surface area (Å²) in [4.78, 5) is 6.83. The number of benzene rings is 3. The molecule has 3 aromatic carbocycles. The SMILES string of the molecule is C[C@H](O)CNC[C@@H]1c2cc([C@@H](O)COc3cc(CCc4cc(CO)c(CCCCCC[C@H](N)C[C@H]5C=Cc6c(ccc7cc8[nH]ccc8cc67)[C@@H]5O)o4)ccc3O)[nH]c2CC[C@H]2CCC[C@@H]21. The molecular weight excluding hydrogens is 829 g/mol. The maximum absolute atomic E-state index is 11.4. The van der Waals surface area contributed by atoms with Crippen molar-refractivity contribution in [3.05, 3.63) is 124 Å². The van der Waals surface area contributed by atoms with Crippen molar-refractivity contribution >= 4 is 27.8 Å². The number of aromatic nitrogens is 2. The molecule has 3 aliphatic carbocycles. The minimum Gasteiger partial charge on any atom is -0.504 e. The minimum atomic E-state index is -0.890. The van der Waals surface area contributed by atoms with Crippen LogP contribution in [0.25, 0.3) is 27.8 Å². The van der Waals surface area contributed by atoms with E-state index in [0.29, 0.717) is 42.9 Å². The summed E-state index contributed by atoms with van der Waals surface area (Å²) in [7, 11) is 0. The van der Waals surface area contributed by atoms with Gasteiger partial charge in [-0.25, -0.2) is 0 Å². The fourth-order valence-electron chi connectivity index (χ4n) is 11.5. The summed E-state index contributed by atoms with van der Waals surface area (Å²) in [6.07, 6.45) is 18.0. The monoisotopic (exact) mass is 899 g/mol. The van der Waals surface area contributed by atoms with Crippen LogP contribution in [0.15, 0.2) is 77.4 Å². The Bertz CT molecular complexity index is 2590. The normalized spacial score (nSPS) is 21.7. The van der Waals surface area contributed by atoms with Gasteiger partial charge in [0.25, 0.3) is 0 Å². The number of furan rings is 1. The van der Waals surface area contributed by atoms with Gasteiger partial charge in [0.1, 0.15) is 24.2 Å². The lowest BCUT2D eigenvalue weighted by molar-refractivity contribution is 0.103. The highest BCUT2D eigenvalue weighted by Crippen LogP contribution is 2.47. The first-order valence-corrected chi connectivity index (χ1v) is 24.7. The van der Waals surface area contributed by atoms with E-state index in [0.717, 1.165) is 120 Å². The number of H-pyrrole nitrogens is 2. The lowest BCUT2D eigenvalue weighted by Crippen LogP contribution is -2.32. The van der Waals surface area contributed by atoms with Gasteiger partial charge in [-0.2, -0.15) is 0 Å². The number of phenols is 1. The molecule has 11 nitrogen and oxygen atoms in total. The Kier molecular flexibility index (Phi) is 14.7. The molecule has 6 aromatic rings. The molecule has 10 N–H and O–H groups in total. The fourth-order valence-corrected chi connectivity index (χ4v) is 11.5. The van der Waals surface area contributed by atoms with Crippen molar-refractivity contribution in [2.24, 2.45) is 23.5 Å². The summed E-state index contributed by atoms with van der Waals surface area (Å²) in [5.74, 6) is 3.64. The van der Waals surface area contributed by atoms with Crippen molar-refractivity contribution in [1.82, 2.24) is 15.3 Å². The molecule has 66 heavy (non-hydrogen) atoms. The van der Waals surface area contributed by atoms with Gasteiger partial charge in [-0.15, -0.1) is 0 Å². The second-order valence-electron chi connectivity index (χ2n) is 19.7. The van der Waals surface area contributed by atoms with E-state index in [-0.39, 0.29) is 30.9 Å². The number of aliphatic hydroxyl groups excluding tert-OH is 4. The van der Waals surface area contributed by atoms with Crippen LogP contribution in [0.5, 0.6) is 11.5 Å². The molecule has 9 rings (SSSR count). The Morgan fingerprint density at radius 1 is 0.924 bits per heavy atom. The molecule has 8 atom stereocenters. The van der Waals surface area contributed by atoms with Crippen molar-refractivity contribution in [2.75, 3.05) is 19.7 Å². The maximum Gasteiger partial charge on any atom is 0.161 e. The molecular formula is C55H70N4O7. The number of aromatic hydroxyl groups is 1. The van der Waals surface area contributed by atoms with Crippen LogP contribution in [0.3, 0.4) is 0 Å². The topological polar surface area (TPSA) is 193 Å². The molecule has 1 fully saturated rings. The summed E-state index contributed by atoms with van der Waals surface area (Å²) < 4.78 is 12.3. The number of rotatable bonds is 21. The van der Waals surface area contributed by atoms with Crippen molar-refractivity contribution in [3.8, 4) is 11.5 Å². The molecule has 352 valence electrons. The van der Waals surface area contributed by atoms with Gasteiger partial charge in [0.05, 0.1) is 18.8 Å². The van der Waals surface area contributed by atoms with Crippen molar-refractivity contribution in [1.29, 1.82) is 0 Å². The van der Waals surface area contributed by atoms with Crippen molar-refractivity contribution in [2.45, 2.75) is 134 Å². The van der Waals surface area contributed by atoms with Crippen molar-refractivity contribution in [3.63, 3.8) is 0 Å². The zero-order chi connectivity index (χ0) is 45.7. The van der Waals surface area contributed by atoms with E-state index in [2.05, 4.69) is 63.8 Å². The van der Waals surface area contributed by atoms with Gasteiger partial charge >= 0.3 is 0 Å². The number of unbranched alkanes of at least 4 members (excludes halogenated alkanes) is 3. The second-order valence-corrected chi connectivity index (χ2v) is 19.7. The molecule has 11 heteroatoms. The van der Waals surface area contributed by atoms with E-state index >= 15 is 0 Å². The molecule has 3 aliphatic rings. The van der Waals surface area contributed by atoms with Crippen LogP contribution in [0.1, 0.15) is 140 Å². The third kappa shape index (κ3) is 10.5. The van der Waals surface area contributed by atoms with Gasteiger partial charge in [-0.1, -0.05) is 62.5 Å². The number of nitrogens with one attached hydrogen (secondary N) is 3. The van der Waals surface area contributed by atoms with Gasteiger partial charge in [0.15, 0.2) is 11.5 Å². The number of aliphatic hydroxyl groups is 4. The van der Waals surface area contributed by atoms with E-state index < -0.39 is 18.3 Å². The van der Waals surface area contributed by atoms with Crippen LogP contribution < -0.4 is 15.8 Å². The summed E-state index contributed by atoms with van der Waals surface area (Å²) in [6.45, 7) is 3.10. The van der Waals surface area contributed by atoms with Crippen LogP contribution in [0, 0.1) is 17.8 Å². The predicted octanol–water partition coefficient (Wildman–Crippen LogP) is 9.34. The number of hydrogen-bond acceptors (Lipinski definition) is 9. The van der Waals surface area contributed by atoms with E-state index in [1.54, 1.807) is 13.0 Å². The van der Waals surface area contributed by atoms with Crippen LogP contribution in [-0.2, 0) is 32.3 Å². The molecule has 1 saturated carbocycles. The Balaban J connectivity index is 0.713. The lowest BCUT2D eigenvalue weighted by Gasteiger charge is -2.28. The van der Waals surface area contributed by atoms with Crippen molar-refractivity contribution < 1.29 is 34.7 Å². The van der Waals surface area contributed by atoms with Gasteiger partial charge in [-0.05, 0) is 139 Å². The number of phenolic OH excluding ortho intramolecular Hbond substituents is 1. The summed E-state index contributed by atoms with van der Waals surface area (Å²) in [6, 6.07) is 20.0. The second kappa shape index (κ2) is 21.0. The molecule has 3 heterocycles. The summed E-state index contributed by atoms with van der Waals surface area (Å²) >= 11 is 0. The Hall–Kier alpha value is -4.88. The molecule has 0 spiro atoms. The Morgan fingerprint density at radius 2 is 1.80 bits per heavy atom. The highest BCUT2D eigenvalue weighted by Gasteiger charge is 2.38. The van der Waals surface area contributed by atoms with Gasteiger partial charge in [0, 0.05) is 77.9 Å². The van der Waals surface area contributed by atoms with E-state index in [1.165, 1.54) is 35.9 Å². The van der Waals surface area contributed by atoms with Crippen LogP contribution in [0.2, 0.25) is 0 Å². The zero-order valence-corrected chi connectivity index (χ0v) is 38.5. The predicted molar refractivity (Wildman–Crippen MR) is 261 cm³/mol. The van der Waals surface area contributed by atoms with E-state index in [1.807, 2.05) is 24.4 Å². The Labute approximate surface area is 388 Å². The molecule has 0 radical (unpaired) electrons. The number of fused-ring (bicyclic) bond motifs is 6. The fraction of sp³-hybridized carbons (Fsp3) is 0.491. The zero-order valence-electron chi connectivity index (χ0n) is 38.5. The number of nitrogens with two attached hydrogens (primary N) is 1. The Morgan fingerprint density at radius 3 is 2.67 bits per heavy atom. The molecule has 0 amide bonds. The average Bonchev–Trinajstić information content (AvgIpc) is 4.14. The van der Waals surface area contributed by atoms with E-state index in [4.69, 9.17) is 14.9 Å². The first kappa shape index (κ1) is 46.2. The van der Waals surface area contributed by atoms with Crippen LogP contribution >= 0.6 is 0 Å². The van der Waals surface area contributed by atoms with E-state index in [9.17, 15) is 25.5 Å². The average molecular weight is 899 g/mol. The number of ether oxygens (including phenoxy) is 1. The minimum absolute atomic E-state index is 0.00451. The molecule has 0 saturated heterocycles. The largest absolute Gasteiger partial charge is 0.504 e. The highest BCUT2D eigenvalue weighted by atomic mass is 16.5. The molecule has 0 unspecified atom stereocenters. The van der Waals surface area contributed by atoms with Gasteiger partial charge in [0.2, 0.25) is 0 Å². The maximum atomic E-state index is 11.4. The number of aryl methyl sites for hydroxylation is 4. The number of aromatic amines is 2. The third-order valence-electron chi connectivity index (χ3n) is 15.0. The standard InChI is InChI=1S/C55H70N4O7/c1-33(61)29-57-30-47-42-9-6-7-35(42)15-19-48-46(47)28-50(59-48)52(63)32-65-54-23-34(12-20-51(54)62)11-16-41-25-39(31-60)53(66-41)10-5-3-2-4-8-40(56)24-38-14-17-43-44(55(38)64)18-13-36-27-49-37(21-22-58-49)26-45(36)43/h12-14,17-18,20-23,25-28,33,35,38,40,42,47,52,55,57-64H,2-11,15-16,19,24,29-32,56H2,1H3/t33-,35+,38+,40-,42-,47-,52-,55+/m0/s1. The third-order valence-corrected chi connectivity index (χ3v) is 15.0. The molecule has 0 bridgehead atoms. The highest BCUT2D eigenvalue weighted by molar-refractivity contribution is 6.01. The summed E-state index contributed by atoms with van der Waals surface area (Å²) in [5, 5.41) is 60.4. The van der Waals surface area contributed by atoms with Crippen LogP contribution in [0.4, 0.5) is 0 Å². The molecule has 0 aliphatic heterocycles. The molecule has 3 aromatic heterocycles. The first-order chi connectivity index (χ1) is 32.1.